The Kier molecular flexibility index (Phi) is 4.04. The molecule has 2 fully saturated rings. The Morgan fingerprint density at radius 3 is 2.95 bits per heavy atom. The van der Waals surface area contributed by atoms with Crippen LogP contribution in [0.3, 0.4) is 0 Å². The van der Waals surface area contributed by atoms with Crippen LogP contribution in [0.1, 0.15) is 37.7 Å². The minimum atomic E-state index is 0.119. The molecule has 3 nitrogen and oxygen atoms in total. The van der Waals surface area contributed by atoms with Crippen molar-refractivity contribution in [2.75, 3.05) is 11.9 Å². The zero-order valence-corrected chi connectivity index (χ0v) is 11.4. The van der Waals surface area contributed by atoms with Crippen LogP contribution >= 0.6 is 0 Å². The molecule has 1 saturated carbocycles. The van der Waals surface area contributed by atoms with Gasteiger partial charge in [0, 0.05) is 17.8 Å². The van der Waals surface area contributed by atoms with Crippen molar-refractivity contribution in [3.8, 4) is 0 Å². The maximum absolute atomic E-state index is 9.21. The van der Waals surface area contributed by atoms with Gasteiger partial charge >= 0.3 is 0 Å². The first-order valence-electron chi connectivity index (χ1n) is 7.56. The van der Waals surface area contributed by atoms with Crippen molar-refractivity contribution in [3.63, 3.8) is 0 Å². The van der Waals surface area contributed by atoms with E-state index in [2.05, 4.69) is 22.8 Å². The first-order valence-corrected chi connectivity index (χ1v) is 7.56. The van der Waals surface area contributed by atoms with E-state index < -0.39 is 0 Å². The largest absolute Gasteiger partial charge is 0.392 e. The number of aliphatic hydroxyl groups is 1. The Morgan fingerprint density at radius 2 is 2.16 bits per heavy atom. The molecule has 3 N–H and O–H groups in total. The van der Waals surface area contributed by atoms with Gasteiger partial charge in [-0.3, -0.25) is 0 Å². The third-order valence-electron chi connectivity index (χ3n) is 4.65. The first kappa shape index (κ1) is 12.9. The Labute approximate surface area is 115 Å². The smallest absolute Gasteiger partial charge is 0.0682 e. The molecule has 19 heavy (non-hydrogen) atoms. The van der Waals surface area contributed by atoms with E-state index >= 15 is 0 Å². The Hall–Kier alpha value is -1.06. The monoisotopic (exact) mass is 260 g/mol. The van der Waals surface area contributed by atoms with Crippen LogP contribution in [0.25, 0.3) is 0 Å². The summed E-state index contributed by atoms with van der Waals surface area (Å²) < 4.78 is 0. The van der Waals surface area contributed by atoms with Crippen molar-refractivity contribution in [3.05, 3.63) is 29.8 Å². The Balaban J connectivity index is 1.67. The highest BCUT2D eigenvalue weighted by molar-refractivity contribution is 5.46. The molecular formula is C16H24N2O. The van der Waals surface area contributed by atoms with Crippen molar-refractivity contribution < 1.29 is 5.11 Å². The summed E-state index contributed by atoms with van der Waals surface area (Å²) in [4.78, 5) is 0. The molecule has 0 spiro atoms. The summed E-state index contributed by atoms with van der Waals surface area (Å²) in [6.07, 6.45) is 6.61. The van der Waals surface area contributed by atoms with E-state index in [-0.39, 0.29) is 6.61 Å². The number of nitrogens with one attached hydrogen (secondary N) is 2. The zero-order chi connectivity index (χ0) is 13.1. The first-order chi connectivity index (χ1) is 9.36. The summed E-state index contributed by atoms with van der Waals surface area (Å²) in [5, 5.41) is 16.6. The lowest BCUT2D eigenvalue weighted by atomic mass is 9.93. The predicted octanol–water partition coefficient (Wildman–Crippen LogP) is 2.51. The molecule has 0 bridgehead atoms. The van der Waals surface area contributed by atoms with Crippen LogP contribution in [-0.4, -0.2) is 23.7 Å². The lowest BCUT2D eigenvalue weighted by Gasteiger charge is -2.27. The molecular weight excluding hydrogens is 236 g/mol. The van der Waals surface area contributed by atoms with Gasteiger partial charge in [-0.1, -0.05) is 18.6 Å². The van der Waals surface area contributed by atoms with Crippen LogP contribution in [-0.2, 0) is 6.61 Å². The standard InChI is InChI=1S/C16H24N2O/c19-11-12-4-1-5-13(10-12)18-16-7-2-6-14(16)15-8-3-9-17-15/h1,4-5,10,14-19H,2-3,6-9,11H2. The van der Waals surface area contributed by atoms with Gasteiger partial charge in [-0.2, -0.15) is 0 Å². The third kappa shape index (κ3) is 2.93. The van der Waals surface area contributed by atoms with Gasteiger partial charge in [0.15, 0.2) is 0 Å². The molecule has 1 aliphatic heterocycles. The van der Waals surface area contributed by atoms with Crippen molar-refractivity contribution in [2.45, 2.75) is 50.8 Å². The van der Waals surface area contributed by atoms with Crippen molar-refractivity contribution in [1.82, 2.24) is 5.32 Å². The van der Waals surface area contributed by atoms with Gasteiger partial charge in [0.25, 0.3) is 0 Å². The number of hydrogen-bond donors (Lipinski definition) is 3. The molecule has 1 aliphatic carbocycles. The zero-order valence-electron chi connectivity index (χ0n) is 11.4. The molecule has 3 heteroatoms. The van der Waals surface area contributed by atoms with Crippen molar-refractivity contribution in [1.29, 1.82) is 0 Å². The predicted molar refractivity (Wildman–Crippen MR) is 78.1 cm³/mol. The fourth-order valence-electron chi connectivity index (χ4n) is 3.70. The van der Waals surface area contributed by atoms with Crippen LogP contribution in [0.4, 0.5) is 5.69 Å². The second-order valence-electron chi connectivity index (χ2n) is 5.91. The summed E-state index contributed by atoms with van der Waals surface area (Å²) in [5.41, 5.74) is 2.14. The highest BCUT2D eigenvalue weighted by Crippen LogP contribution is 2.34. The van der Waals surface area contributed by atoms with Gasteiger partial charge in [0.2, 0.25) is 0 Å². The van der Waals surface area contributed by atoms with E-state index in [1.807, 2.05) is 12.1 Å². The minimum Gasteiger partial charge on any atom is -0.392 e. The van der Waals surface area contributed by atoms with E-state index in [1.54, 1.807) is 0 Å². The molecule has 0 aromatic heterocycles. The number of benzene rings is 1. The van der Waals surface area contributed by atoms with E-state index in [0.29, 0.717) is 12.1 Å². The summed E-state index contributed by atoms with van der Waals surface area (Å²) in [5.74, 6) is 0.764. The molecule has 1 aromatic rings. The normalized spacial score (nSPS) is 30.7. The van der Waals surface area contributed by atoms with Gasteiger partial charge in [0.05, 0.1) is 6.61 Å². The van der Waals surface area contributed by atoms with Gasteiger partial charge in [-0.05, 0) is 55.8 Å². The van der Waals surface area contributed by atoms with Gasteiger partial charge in [-0.25, -0.2) is 0 Å². The van der Waals surface area contributed by atoms with Crippen molar-refractivity contribution in [2.24, 2.45) is 5.92 Å². The Bertz CT molecular complexity index is 415. The van der Waals surface area contributed by atoms with Crippen LogP contribution in [0.15, 0.2) is 24.3 Å². The summed E-state index contributed by atoms with van der Waals surface area (Å²) >= 11 is 0. The molecule has 3 atom stereocenters. The Morgan fingerprint density at radius 1 is 1.21 bits per heavy atom. The molecule has 0 amide bonds. The molecule has 1 saturated heterocycles. The molecule has 1 aromatic carbocycles. The van der Waals surface area contributed by atoms with Crippen LogP contribution < -0.4 is 10.6 Å². The molecule has 0 radical (unpaired) electrons. The average molecular weight is 260 g/mol. The fraction of sp³-hybridized carbons (Fsp3) is 0.625. The second kappa shape index (κ2) is 5.93. The van der Waals surface area contributed by atoms with E-state index in [1.165, 1.54) is 38.6 Å². The second-order valence-corrected chi connectivity index (χ2v) is 5.91. The topological polar surface area (TPSA) is 44.3 Å². The highest BCUT2D eigenvalue weighted by atomic mass is 16.3. The molecule has 2 aliphatic rings. The van der Waals surface area contributed by atoms with Gasteiger partial charge in [0.1, 0.15) is 0 Å². The van der Waals surface area contributed by atoms with Crippen LogP contribution in [0, 0.1) is 5.92 Å². The van der Waals surface area contributed by atoms with Gasteiger partial charge < -0.3 is 15.7 Å². The number of aliphatic hydroxyl groups excluding tert-OH is 1. The van der Waals surface area contributed by atoms with E-state index in [4.69, 9.17) is 0 Å². The maximum atomic E-state index is 9.21. The summed E-state index contributed by atoms with van der Waals surface area (Å²) in [6.45, 7) is 1.31. The third-order valence-corrected chi connectivity index (χ3v) is 4.65. The van der Waals surface area contributed by atoms with E-state index in [0.717, 1.165) is 17.2 Å². The maximum Gasteiger partial charge on any atom is 0.0682 e. The lowest BCUT2D eigenvalue weighted by Crippen LogP contribution is -2.38. The molecule has 3 unspecified atom stereocenters. The average Bonchev–Trinajstić information content (AvgIpc) is 3.09. The highest BCUT2D eigenvalue weighted by Gasteiger charge is 2.34. The van der Waals surface area contributed by atoms with Crippen LogP contribution in [0.5, 0.6) is 0 Å². The van der Waals surface area contributed by atoms with Gasteiger partial charge in [-0.15, -0.1) is 0 Å². The molecule has 3 rings (SSSR count). The fourth-order valence-corrected chi connectivity index (χ4v) is 3.70. The summed E-state index contributed by atoms with van der Waals surface area (Å²) in [6, 6.07) is 9.46. The SMILES string of the molecule is OCc1cccc(NC2CCCC2C2CCCN2)c1. The molecule has 1 heterocycles. The van der Waals surface area contributed by atoms with E-state index in [9.17, 15) is 5.11 Å². The number of hydrogen-bond acceptors (Lipinski definition) is 3. The molecule has 104 valence electrons. The van der Waals surface area contributed by atoms with Crippen molar-refractivity contribution >= 4 is 5.69 Å². The van der Waals surface area contributed by atoms with Crippen LogP contribution in [0.2, 0.25) is 0 Å². The quantitative estimate of drug-likeness (QED) is 0.779. The number of anilines is 1. The summed E-state index contributed by atoms with van der Waals surface area (Å²) in [7, 11) is 0. The number of rotatable bonds is 4. The minimum absolute atomic E-state index is 0.119. The lowest BCUT2D eigenvalue weighted by molar-refractivity contribution is 0.282.